The summed E-state index contributed by atoms with van der Waals surface area (Å²) in [7, 11) is 3.23. The third-order valence-electron chi connectivity index (χ3n) is 5.36. The third kappa shape index (κ3) is 4.03. The van der Waals surface area contributed by atoms with Gasteiger partial charge in [0, 0.05) is 18.9 Å². The lowest BCUT2D eigenvalue weighted by Gasteiger charge is -2.38. The molecular weight excluding hydrogens is 328 g/mol. The van der Waals surface area contributed by atoms with Crippen molar-refractivity contribution in [3.63, 3.8) is 0 Å². The number of carbonyl (C=O) groups is 1. The van der Waals surface area contributed by atoms with Crippen molar-refractivity contribution in [3.05, 3.63) is 48.3 Å². The van der Waals surface area contributed by atoms with E-state index in [0.717, 1.165) is 18.4 Å². The van der Waals surface area contributed by atoms with Gasteiger partial charge in [-0.25, -0.2) is 0 Å². The first kappa shape index (κ1) is 18.4. The molecule has 1 amide bonds. The van der Waals surface area contributed by atoms with Gasteiger partial charge in [0.15, 0.2) is 11.5 Å². The minimum absolute atomic E-state index is 0.0799. The highest BCUT2D eigenvalue weighted by atomic mass is 16.5. The first-order valence-corrected chi connectivity index (χ1v) is 9.28. The lowest BCUT2D eigenvalue weighted by atomic mass is 9.78. The molecule has 1 aromatic heterocycles. The maximum absolute atomic E-state index is 12.7. The van der Waals surface area contributed by atoms with Gasteiger partial charge in [-0.2, -0.15) is 0 Å². The Bertz CT molecular complexity index is 719. The number of benzene rings is 1. The van der Waals surface area contributed by atoms with Crippen LogP contribution in [0.1, 0.15) is 44.1 Å². The van der Waals surface area contributed by atoms with Gasteiger partial charge in [0.1, 0.15) is 0 Å². The van der Waals surface area contributed by atoms with Crippen LogP contribution in [0.5, 0.6) is 11.5 Å². The van der Waals surface area contributed by atoms with Crippen molar-refractivity contribution in [1.29, 1.82) is 0 Å². The summed E-state index contributed by atoms with van der Waals surface area (Å²) in [6.45, 7) is 0.487. The summed E-state index contributed by atoms with van der Waals surface area (Å²) in [6, 6.07) is 9.80. The Morgan fingerprint density at radius 3 is 2.42 bits per heavy atom. The lowest BCUT2D eigenvalue weighted by molar-refractivity contribution is -0.123. The smallest absolute Gasteiger partial charge is 0.222 e. The minimum atomic E-state index is -0.0799. The van der Waals surface area contributed by atoms with Gasteiger partial charge < -0.3 is 19.4 Å². The molecule has 0 atom stereocenters. The summed E-state index contributed by atoms with van der Waals surface area (Å²) >= 11 is 0. The van der Waals surface area contributed by atoms with Gasteiger partial charge in [0.2, 0.25) is 5.91 Å². The van der Waals surface area contributed by atoms with Gasteiger partial charge >= 0.3 is 0 Å². The van der Waals surface area contributed by atoms with Crippen LogP contribution < -0.4 is 14.8 Å². The average Bonchev–Trinajstić information content (AvgIpc) is 3.22. The second kappa shape index (κ2) is 8.30. The highest BCUT2D eigenvalue weighted by molar-refractivity contribution is 5.77. The molecule has 5 nitrogen and oxygen atoms in total. The number of methoxy groups -OCH3 is 2. The van der Waals surface area contributed by atoms with Gasteiger partial charge in [-0.15, -0.1) is 0 Å². The SMILES string of the molecule is COc1ccc(CNC(=O)CC2(n3cccc3)CCCCC2)cc1OC. The molecule has 0 saturated heterocycles. The number of nitrogens with one attached hydrogen (secondary N) is 1. The zero-order chi connectivity index (χ0) is 18.4. The van der Waals surface area contributed by atoms with Crippen LogP contribution in [-0.2, 0) is 16.9 Å². The molecule has 0 aliphatic heterocycles. The van der Waals surface area contributed by atoms with E-state index in [9.17, 15) is 4.79 Å². The van der Waals surface area contributed by atoms with Crippen LogP contribution in [0.2, 0.25) is 0 Å². The van der Waals surface area contributed by atoms with Crippen molar-refractivity contribution in [1.82, 2.24) is 9.88 Å². The predicted octanol–water partition coefficient (Wildman–Crippen LogP) is 3.87. The Hall–Kier alpha value is -2.43. The normalized spacial score (nSPS) is 16.1. The Morgan fingerprint density at radius 1 is 1.08 bits per heavy atom. The van der Waals surface area contributed by atoms with Crippen molar-refractivity contribution in [2.45, 2.75) is 50.6 Å². The monoisotopic (exact) mass is 356 g/mol. The molecule has 26 heavy (non-hydrogen) atoms. The molecule has 1 fully saturated rings. The number of carbonyl (C=O) groups excluding carboxylic acids is 1. The molecule has 1 aliphatic carbocycles. The van der Waals surface area contributed by atoms with E-state index in [4.69, 9.17) is 9.47 Å². The molecule has 140 valence electrons. The van der Waals surface area contributed by atoms with Crippen LogP contribution in [0.3, 0.4) is 0 Å². The van der Waals surface area contributed by atoms with Gasteiger partial charge in [-0.1, -0.05) is 25.3 Å². The lowest BCUT2D eigenvalue weighted by Crippen LogP contribution is -2.40. The molecular formula is C21H28N2O3. The van der Waals surface area contributed by atoms with Crippen molar-refractivity contribution in [3.8, 4) is 11.5 Å². The van der Waals surface area contributed by atoms with E-state index in [1.54, 1.807) is 14.2 Å². The largest absolute Gasteiger partial charge is 0.493 e. The zero-order valence-corrected chi connectivity index (χ0v) is 15.7. The van der Waals surface area contributed by atoms with Crippen LogP contribution in [0.25, 0.3) is 0 Å². The molecule has 1 aliphatic rings. The number of rotatable bonds is 7. The summed E-state index contributed by atoms with van der Waals surface area (Å²) in [4.78, 5) is 12.7. The second-order valence-corrected chi connectivity index (χ2v) is 7.02. The van der Waals surface area contributed by atoms with Crippen LogP contribution in [0, 0.1) is 0 Å². The molecule has 1 saturated carbocycles. The van der Waals surface area contributed by atoms with Crippen molar-refractivity contribution in [2.24, 2.45) is 0 Å². The number of amides is 1. The summed E-state index contributed by atoms with van der Waals surface area (Å²) in [5.41, 5.74) is 0.915. The van der Waals surface area contributed by atoms with E-state index in [1.807, 2.05) is 30.3 Å². The quantitative estimate of drug-likeness (QED) is 0.819. The molecule has 1 heterocycles. The van der Waals surface area contributed by atoms with Crippen molar-refractivity contribution in [2.75, 3.05) is 14.2 Å². The van der Waals surface area contributed by atoms with E-state index >= 15 is 0 Å². The minimum Gasteiger partial charge on any atom is -0.493 e. The van der Waals surface area contributed by atoms with E-state index < -0.39 is 0 Å². The molecule has 0 radical (unpaired) electrons. The molecule has 0 bridgehead atoms. The van der Waals surface area contributed by atoms with E-state index in [-0.39, 0.29) is 11.4 Å². The summed E-state index contributed by atoms with van der Waals surface area (Å²) in [5, 5.41) is 3.07. The summed E-state index contributed by atoms with van der Waals surface area (Å²) in [5.74, 6) is 1.46. The Morgan fingerprint density at radius 2 is 1.77 bits per heavy atom. The fourth-order valence-corrected chi connectivity index (χ4v) is 3.94. The molecule has 0 spiro atoms. The van der Waals surface area contributed by atoms with Crippen LogP contribution in [0.15, 0.2) is 42.7 Å². The number of hydrogen-bond acceptors (Lipinski definition) is 3. The van der Waals surface area contributed by atoms with Crippen LogP contribution in [0.4, 0.5) is 0 Å². The topological polar surface area (TPSA) is 52.5 Å². The number of hydrogen-bond donors (Lipinski definition) is 1. The number of aromatic nitrogens is 1. The molecule has 2 aromatic rings. The van der Waals surface area contributed by atoms with E-state index in [0.29, 0.717) is 24.5 Å². The predicted molar refractivity (Wildman–Crippen MR) is 102 cm³/mol. The maximum Gasteiger partial charge on any atom is 0.222 e. The first-order valence-electron chi connectivity index (χ1n) is 9.28. The van der Waals surface area contributed by atoms with Crippen molar-refractivity contribution < 1.29 is 14.3 Å². The Balaban J connectivity index is 1.64. The molecule has 1 aromatic carbocycles. The standard InChI is InChI=1S/C21H28N2O3/c1-25-18-9-8-17(14-19(18)26-2)16-22-20(24)15-21(10-4-3-5-11-21)23-12-6-7-13-23/h6-9,12-14H,3-5,10-11,15-16H2,1-2H3,(H,22,24). The fraction of sp³-hybridized carbons (Fsp3) is 0.476. The number of ether oxygens (including phenoxy) is 2. The molecule has 3 rings (SSSR count). The summed E-state index contributed by atoms with van der Waals surface area (Å²) in [6.07, 6.45) is 10.4. The third-order valence-corrected chi connectivity index (χ3v) is 5.36. The van der Waals surface area contributed by atoms with Gasteiger partial charge in [-0.3, -0.25) is 4.79 Å². The molecule has 1 N–H and O–H groups in total. The highest BCUT2D eigenvalue weighted by Crippen LogP contribution is 2.38. The van der Waals surface area contributed by atoms with Gasteiger partial charge in [-0.05, 0) is 42.7 Å². The molecule has 5 heteroatoms. The number of nitrogens with zero attached hydrogens (tertiary/aromatic N) is 1. The average molecular weight is 356 g/mol. The van der Waals surface area contributed by atoms with Crippen LogP contribution >= 0.6 is 0 Å². The first-order chi connectivity index (χ1) is 12.7. The van der Waals surface area contributed by atoms with Crippen LogP contribution in [-0.4, -0.2) is 24.7 Å². The molecule has 0 unspecified atom stereocenters. The van der Waals surface area contributed by atoms with E-state index in [1.165, 1.54) is 19.3 Å². The highest BCUT2D eigenvalue weighted by Gasteiger charge is 2.35. The Labute approximate surface area is 155 Å². The second-order valence-electron chi connectivity index (χ2n) is 7.02. The maximum atomic E-state index is 12.7. The van der Waals surface area contributed by atoms with Gasteiger partial charge in [0.25, 0.3) is 0 Å². The van der Waals surface area contributed by atoms with Crippen molar-refractivity contribution >= 4 is 5.91 Å². The van der Waals surface area contributed by atoms with Gasteiger partial charge in [0.05, 0.1) is 26.2 Å². The zero-order valence-electron chi connectivity index (χ0n) is 15.7. The van der Waals surface area contributed by atoms with E-state index in [2.05, 4.69) is 22.3 Å². The summed E-state index contributed by atoms with van der Waals surface area (Å²) < 4.78 is 12.8. The fourth-order valence-electron chi connectivity index (χ4n) is 3.94. The Kier molecular flexibility index (Phi) is 5.86.